The number of benzene rings is 1. The third-order valence-electron chi connectivity index (χ3n) is 3.36. The van der Waals surface area contributed by atoms with Crippen LogP contribution in [0.3, 0.4) is 0 Å². The average Bonchev–Trinajstić information content (AvgIpc) is 2.42. The lowest BCUT2D eigenvalue weighted by Crippen LogP contribution is -2.47. The van der Waals surface area contributed by atoms with Crippen LogP contribution < -0.4 is 16.0 Å². The van der Waals surface area contributed by atoms with Gasteiger partial charge in [0.2, 0.25) is 5.96 Å². The van der Waals surface area contributed by atoms with Crippen LogP contribution in [0.4, 0.5) is 10.5 Å². The highest BCUT2D eigenvalue weighted by atomic mass is 16.2. The van der Waals surface area contributed by atoms with Gasteiger partial charge in [-0.1, -0.05) is 38.3 Å². The molecule has 5 nitrogen and oxygen atoms in total. The summed E-state index contributed by atoms with van der Waals surface area (Å²) in [7, 11) is 0. The van der Waals surface area contributed by atoms with Gasteiger partial charge in [0.15, 0.2) is 0 Å². The van der Waals surface area contributed by atoms with Gasteiger partial charge in [-0.3, -0.25) is 5.41 Å². The number of carbonyl (C=O) groups is 1. The Labute approximate surface area is 127 Å². The van der Waals surface area contributed by atoms with Crippen molar-refractivity contribution >= 4 is 17.7 Å². The van der Waals surface area contributed by atoms with E-state index >= 15 is 0 Å². The van der Waals surface area contributed by atoms with Gasteiger partial charge in [-0.2, -0.15) is 0 Å². The number of nitrogens with zero attached hydrogens (tertiary/aromatic N) is 1. The van der Waals surface area contributed by atoms with E-state index in [1.165, 1.54) is 11.3 Å². The summed E-state index contributed by atoms with van der Waals surface area (Å²) in [5, 5.41) is 10.5. The zero-order valence-electron chi connectivity index (χ0n) is 13.2. The molecule has 0 aliphatic carbocycles. The molecule has 0 aliphatic rings. The summed E-state index contributed by atoms with van der Waals surface area (Å²) >= 11 is 0. The standard InChI is InChI=1S/C16H26N4O/c1-4-5-6-7-10-19-16(21)20(15(17)18)14-11-12(2)8-9-13(14)3/h8-9,11H,4-7,10H2,1-3H3,(H3,17,18)(H,19,21). The van der Waals surface area contributed by atoms with E-state index < -0.39 is 0 Å². The zero-order valence-corrected chi connectivity index (χ0v) is 13.2. The molecule has 5 heteroatoms. The number of amides is 2. The molecule has 0 spiro atoms. The molecule has 0 saturated carbocycles. The van der Waals surface area contributed by atoms with Gasteiger partial charge in [-0.05, 0) is 37.5 Å². The predicted molar refractivity (Wildman–Crippen MR) is 87.8 cm³/mol. The number of nitrogens with two attached hydrogens (primary N) is 1. The van der Waals surface area contributed by atoms with Crippen LogP contribution in [-0.4, -0.2) is 18.5 Å². The Hall–Kier alpha value is -2.04. The normalized spacial score (nSPS) is 10.2. The van der Waals surface area contributed by atoms with Crippen LogP contribution in [0.25, 0.3) is 0 Å². The minimum absolute atomic E-state index is 0.269. The molecule has 0 bridgehead atoms. The molecule has 0 atom stereocenters. The molecule has 1 aromatic rings. The first-order valence-corrected chi connectivity index (χ1v) is 7.46. The van der Waals surface area contributed by atoms with Crippen molar-refractivity contribution in [3.63, 3.8) is 0 Å². The minimum Gasteiger partial charge on any atom is -0.369 e. The van der Waals surface area contributed by atoms with Crippen molar-refractivity contribution in [1.82, 2.24) is 5.32 Å². The Morgan fingerprint density at radius 1 is 1.29 bits per heavy atom. The summed E-state index contributed by atoms with van der Waals surface area (Å²) in [4.78, 5) is 13.5. The Morgan fingerprint density at radius 3 is 2.62 bits per heavy atom. The van der Waals surface area contributed by atoms with Crippen LogP contribution in [0, 0.1) is 19.3 Å². The molecule has 0 saturated heterocycles. The number of carbonyl (C=O) groups excluding carboxylic acids is 1. The smallest absolute Gasteiger partial charge is 0.328 e. The third kappa shape index (κ3) is 5.10. The molecule has 0 unspecified atom stereocenters. The van der Waals surface area contributed by atoms with Crippen molar-refractivity contribution < 1.29 is 4.79 Å². The Morgan fingerprint density at radius 2 is 2.00 bits per heavy atom. The lowest BCUT2D eigenvalue weighted by atomic mass is 10.1. The maximum absolute atomic E-state index is 12.3. The Balaban J connectivity index is 2.75. The van der Waals surface area contributed by atoms with Gasteiger partial charge in [-0.15, -0.1) is 0 Å². The second-order valence-electron chi connectivity index (χ2n) is 5.30. The second-order valence-corrected chi connectivity index (χ2v) is 5.30. The van der Waals surface area contributed by atoms with Crippen LogP contribution in [0.5, 0.6) is 0 Å². The van der Waals surface area contributed by atoms with E-state index in [0.717, 1.165) is 30.4 Å². The largest absolute Gasteiger partial charge is 0.369 e. The zero-order chi connectivity index (χ0) is 15.8. The fraction of sp³-hybridized carbons (Fsp3) is 0.500. The summed E-state index contributed by atoms with van der Waals surface area (Å²) in [5.74, 6) is -0.269. The fourth-order valence-electron chi connectivity index (χ4n) is 2.14. The van der Waals surface area contributed by atoms with E-state index in [-0.39, 0.29) is 12.0 Å². The molecule has 0 fully saturated rings. The monoisotopic (exact) mass is 290 g/mol. The number of unbranched alkanes of at least 4 members (excludes halogenated alkanes) is 3. The van der Waals surface area contributed by atoms with E-state index in [1.54, 1.807) is 0 Å². The van der Waals surface area contributed by atoms with Crippen LogP contribution in [0.2, 0.25) is 0 Å². The van der Waals surface area contributed by atoms with Gasteiger partial charge in [0.1, 0.15) is 0 Å². The van der Waals surface area contributed by atoms with Crippen molar-refractivity contribution in [2.45, 2.75) is 46.5 Å². The number of hydrogen-bond acceptors (Lipinski definition) is 2. The van der Waals surface area contributed by atoms with E-state index in [2.05, 4.69) is 12.2 Å². The van der Waals surface area contributed by atoms with Crippen LogP contribution in [-0.2, 0) is 0 Å². The van der Waals surface area contributed by atoms with Crippen molar-refractivity contribution in [3.05, 3.63) is 29.3 Å². The number of urea groups is 1. The maximum Gasteiger partial charge on any atom is 0.328 e. The molecule has 0 radical (unpaired) electrons. The van der Waals surface area contributed by atoms with Crippen molar-refractivity contribution in [3.8, 4) is 0 Å². The molecule has 1 rings (SSSR count). The van der Waals surface area contributed by atoms with Crippen molar-refractivity contribution in [1.29, 1.82) is 5.41 Å². The molecular formula is C16H26N4O. The lowest BCUT2D eigenvalue weighted by Gasteiger charge is -2.23. The van der Waals surface area contributed by atoms with Gasteiger partial charge >= 0.3 is 6.03 Å². The summed E-state index contributed by atoms with van der Waals surface area (Å²) in [6.45, 7) is 6.60. The number of nitrogens with one attached hydrogen (secondary N) is 2. The highest BCUT2D eigenvalue weighted by molar-refractivity contribution is 6.14. The first kappa shape index (κ1) is 17.0. The maximum atomic E-state index is 12.3. The SMILES string of the molecule is CCCCCCNC(=O)N(C(=N)N)c1cc(C)ccc1C. The van der Waals surface area contributed by atoms with Crippen LogP contribution in [0.1, 0.15) is 43.7 Å². The fourth-order valence-corrected chi connectivity index (χ4v) is 2.14. The van der Waals surface area contributed by atoms with E-state index in [0.29, 0.717) is 12.2 Å². The van der Waals surface area contributed by atoms with Crippen LogP contribution in [0.15, 0.2) is 18.2 Å². The number of anilines is 1. The quantitative estimate of drug-likeness (QED) is 0.427. The molecule has 0 aliphatic heterocycles. The predicted octanol–water partition coefficient (Wildman–Crippen LogP) is 3.29. The first-order chi connectivity index (χ1) is 9.97. The topological polar surface area (TPSA) is 82.2 Å². The molecule has 116 valence electrons. The summed E-state index contributed by atoms with van der Waals surface area (Å²) in [6, 6.07) is 5.43. The number of aryl methyl sites for hydroxylation is 2. The van der Waals surface area contributed by atoms with Crippen molar-refractivity contribution in [2.75, 3.05) is 11.4 Å². The number of hydrogen-bond donors (Lipinski definition) is 3. The molecule has 0 heterocycles. The highest BCUT2D eigenvalue weighted by Crippen LogP contribution is 2.21. The van der Waals surface area contributed by atoms with E-state index in [1.807, 2.05) is 32.0 Å². The lowest BCUT2D eigenvalue weighted by molar-refractivity contribution is 0.248. The molecular weight excluding hydrogens is 264 g/mol. The van der Waals surface area contributed by atoms with Gasteiger partial charge in [0, 0.05) is 6.54 Å². The molecule has 2 amide bonds. The second kappa shape index (κ2) is 8.29. The van der Waals surface area contributed by atoms with E-state index in [9.17, 15) is 4.79 Å². The average molecular weight is 290 g/mol. The number of rotatable bonds is 6. The third-order valence-corrected chi connectivity index (χ3v) is 3.36. The summed E-state index contributed by atoms with van der Waals surface area (Å²) in [6.07, 6.45) is 4.37. The highest BCUT2D eigenvalue weighted by Gasteiger charge is 2.20. The molecule has 21 heavy (non-hydrogen) atoms. The summed E-state index contributed by atoms with van der Waals surface area (Å²) < 4.78 is 0. The summed E-state index contributed by atoms with van der Waals surface area (Å²) in [5.41, 5.74) is 8.19. The van der Waals surface area contributed by atoms with Gasteiger partial charge in [0.25, 0.3) is 0 Å². The Kier molecular flexibility index (Phi) is 6.72. The molecule has 1 aromatic carbocycles. The van der Waals surface area contributed by atoms with Gasteiger partial charge in [-0.25, -0.2) is 9.69 Å². The number of guanidine groups is 1. The molecule has 4 N–H and O–H groups in total. The van der Waals surface area contributed by atoms with Crippen LogP contribution >= 0.6 is 0 Å². The molecule has 0 aromatic heterocycles. The van der Waals surface area contributed by atoms with Gasteiger partial charge < -0.3 is 11.1 Å². The first-order valence-electron chi connectivity index (χ1n) is 7.46. The van der Waals surface area contributed by atoms with Crippen molar-refractivity contribution in [2.24, 2.45) is 5.73 Å². The Bertz CT molecular complexity index is 499. The van der Waals surface area contributed by atoms with Gasteiger partial charge in [0.05, 0.1) is 5.69 Å². The minimum atomic E-state index is -0.340. The van der Waals surface area contributed by atoms with E-state index in [4.69, 9.17) is 11.1 Å².